The molecule has 0 aliphatic rings. The number of hydrogen-bond acceptors (Lipinski definition) is 7. The molecule has 8 nitrogen and oxygen atoms in total. The molecule has 0 amide bonds. The summed E-state index contributed by atoms with van der Waals surface area (Å²) in [5, 5.41) is 3.86. The fourth-order valence-electron chi connectivity index (χ4n) is 1.96. The molecule has 0 unspecified atom stereocenters. The lowest BCUT2D eigenvalue weighted by Gasteiger charge is -2.02. The number of aryl methyl sites for hydroxylation is 3. The summed E-state index contributed by atoms with van der Waals surface area (Å²) in [6.07, 6.45) is 2.05. The normalized spacial score (nSPS) is 11.1. The zero-order chi connectivity index (χ0) is 14.1. The average Bonchev–Trinajstić information content (AvgIpc) is 2.99. The van der Waals surface area contributed by atoms with Gasteiger partial charge in [-0.2, -0.15) is 9.97 Å². The summed E-state index contributed by atoms with van der Waals surface area (Å²) in [4.78, 5) is 15.5. The maximum Gasteiger partial charge on any atom is 0.242 e. The van der Waals surface area contributed by atoms with E-state index in [0.29, 0.717) is 46.5 Å². The van der Waals surface area contributed by atoms with Crippen LogP contribution in [0.15, 0.2) is 10.9 Å². The van der Waals surface area contributed by atoms with Crippen LogP contribution in [0.1, 0.15) is 11.7 Å². The number of fused-ring (bicyclic) bond motifs is 1. The second-order valence-electron chi connectivity index (χ2n) is 4.14. The van der Waals surface area contributed by atoms with Gasteiger partial charge in [-0.25, -0.2) is 4.98 Å². The van der Waals surface area contributed by atoms with Gasteiger partial charge in [-0.05, 0) is 12.2 Å². The number of aromatic nitrogens is 6. The van der Waals surface area contributed by atoms with Crippen LogP contribution in [0.5, 0.6) is 5.88 Å². The molecule has 3 aromatic rings. The van der Waals surface area contributed by atoms with Gasteiger partial charge in [0.2, 0.25) is 11.8 Å². The first kappa shape index (κ1) is 12.7. The number of methoxy groups -OCH3 is 1. The van der Waals surface area contributed by atoms with Gasteiger partial charge in [0.05, 0.1) is 7.11 Å². The lowest BCUT2D eigenvalue weighted by atomic mass is 10.4. The van der Waals surface area contributed by atoms with Crippen molar-refractivity contribution in [3.05, 3.63) is 22.8 Å². The fourth-order valence-corrected chi connectivity index (χ4v) is 2.24. The Balaban J connectivity index is 1.95. The van der Waals surface area contributed by atoms with Crippen molar-refractivity contribution in [1.82, 2.24) is 29.7 Å². The van der Waals surface area contributed by atoms with E-state index in [4.69, 9.17) is 21.5 Å². The number of nitrogens with zero attached hydrogens (tertiary/aromatic N) is 5. The largest absolute Gasteiger partial charge is 0.479 e. The molecule has 0 radical (unpaired) electrons. The summed E-state index contributed by atoms with van der Waals surface area (Å²) in [7, 11) is 1.55. The Morgan fingerprint density at radius 2 is 2.30 bits per heavy atom. The maximum atomic E-state index is 5.30. The highest BCUT2D eigenvalue weighted by atomic mass is 32.1. The lowest BCUT2D eigenvalue weighted by molar-refractivity contribution is 0.386. The van der Waals surface area contributed by atoms with E-state index in [1.807, 2.05) is 4.57 Å². The van der Waals surface area contributed by atoms with E-state index < -0.39 is 0 Å². The highest BCUT2D eigenvalue weighted by Crippen LogP contribution is 2.20. The van der Waals surface area contributed by atoms with Gasteiger partial charge in [0.25, 0.3) is 0 Å². The Labute approximate surface area is 118 Å². The summed E-state index contributed by atoms with van der Waals surface area (Å²) < 4.78 is 12.5. The first-order chi connectivity index (χ1) is 9.69. The van der Waals surface area contributed by atoms with Gasteiger partial charge < -0.3 is 18.8 Å². The summed E-state index contributed by atoms with van der Waals surface area (Å²) >= 11 is 5.30. The summed E-state index contributed by atoms with van der Waals surface area (Å²) in [5.41, 5.74) is 1.38. The van der Waals surface area contributed by atoms with Gasteiger partial charge in [-0.1, -0.05) is 5.16 Å². The predicted octanol–water partition coefficient (Wildman–Crippen LogP) is 1.43. The molecule has 1 N–H and O–H groups in total. The third-order valence-electron chi connectivity index (χ3n) is 2.85. The fraction of sp³-hybridized carbons (Fsp3) is 0.364. The quantitative estimate of drug-likeness (QED) is 0.727. The SMILES string of the molecule is COc1ncnc2c1[nH]c(=S)n2CCc1noc(C)n1. The molecule has 0 aliphatic carbocycles. The van der Waals surface area contributed by atoms with Crippen LogP contribution in [-0.2, 0) is 13.0 Å². The molecule has 0 atom stereocenters. The molecule has 0 aromatic carbocycles. The van der Waals surface area contributed by atoms with Gasteiger partial charge in [0.15, 0.2) is 16.2 Å². The zero-order valence-corrected chi connectivity index (χ0v) is 11.8. The van der Waals surface area contributed by atoms with E-state index >= 15 is 0 Å². The monoisotopic (exact) mass is 292 g/mol. The van der Waals surface area contributed by atoms with Crippen LogP contribution in [-0.4, -0.2) is 36.8 Å². The minimum absolute atomic E-state index is 0.468. The summed E-state index contributed by atoms with van der Waals surface area (Å²) in [6, 6.07) is 0. The summed E-state index contributed by atoms with van der Waals surface area (Å²) in [5.74, 6) is 1.65. The van der Waals surface area contributed by atoms with E-state index in [1.54, 1.807) is 14.0 Å². The van der Waals surface area contributed by atoms with Crippen LogP contribution in [0.25, 0.3) is 11.2 Å². The van der Waals surface area contributed by atoms with Crippen LogP contribution in [0.3, 0.4) is 0 Å². The van der Waals surface area contributed by atoms with Crippen molar-refractivity contribution in [3.8, 4) is 5.88 Å². The molecule has 0 fully saturated rings. The maximum absolute atomic E-state index is 5.30. The van der Waals surface area contributed by atoms with Crippen LogP contribution in [0, 0.1) is 11.7 Å². The number of aromatic amines is 1. The Morgan fingerprint density at radius 3 is 3.00 bits per heavy atom. The van der Waals surface area contributed by atoms with Crippen LogP contribution >= 0.6 is 12.2 Å². The highest BCUT2D eigenvalue weighted by molar-refractivity contribution is 7.71. The van der Waals surface area contributed by atoms with Crippen LogP contribution in [0.2, 0.25) is 0 Å². The molecule has 0 saturated carbocycles. The van der Waals surface area contributed by atoms with Gasteiger partial charge in [0, 0.05) is 19.9 Å². The second kappa shape index (κ2) is 5.00. The Bertz CT molecular complexity index is 805. The number of rotatable bonds is 4. The molecule has 20 heavy (non-hydrogen) atoms. The van der Waals surface area contributed by atoms with Crippen molar-refractivity contribution in [3.63, 3.8) is 0 Å². The standard InChI is InChI=1S/C11H12N6O2S/c1-6-14-7(16-19-6)3-4-17-9-8(15-11(17)20)10(18-2)13-5-12-9/h5H,3-4H2,1-2H3,(H,15,20). The highest BCUT2D eigenvalue weighted by Gasteiger charge is 2.12. The summed E-state index contributed by atoms with van der Waals surface area (Å²) in [6.45, 7) is 2.35. The number of nitrogens with one attached hydrogen (secondary N) is 1. The topological polar surface area (TPSA) is 94.7 Å². The molecule has 9 heteroatoms. The molecule has 0 saturated heterocycles. The van der Waals surface area contributed by atoms with Crippen molar-refractivity contribution in [1.29, 1.82) is 0 Å². The number of hydrogen-bond donors (Lipinski definition) is 1. The molecule has 3 aromatic heterocycles. The smallest absolute Gasteiger partial charge is 0.242 e. The molecular weight excluding hydrogens is 280 g/mol. The van der Waals surface area contributed by atoms with Crippen molar-refractivity contribution < 1.29 is 9.26 Å². The molecular formula is C11H12N6O2S. The second-order valence-corrected chi connectivity index (χ2v) is 4.53. The number of imidazole rings is 1. The van der Waals surface area contributed by atoms with E-state index in [9.17, 15) is 0 Å². The van der Waals surface area contributed by atoms with Crippen molar-refractivity contribution >= 4 is 23.4 Å². The Morgan fingerprint density at radius 1 is 1.45 bits per heavy atom. The zero-order valence-electron chi connectivity index (χ0n) is 11.0. The van der Waals surface area contributed by atoms with Crippen molar-refractivity contribution in [2.24, 2.45) is 0 Å². The third kappa shape index (κ3) is 2.16. The van der Waals surface area contributed by atoms with E-state index in [-0.39, 0.29) is 0 Å². The van der Waals surface area contributed by atoms with Gasteiger partial charge in [-0.3, -0.25) is 0 Å². The first-order valence-corrected chi connectivity index (χ1v) is 6.36. The molecule has 0 bridgehead atoms. The minimum Gasteiger partial charge on any atom is -0.479 e. The molecule has 3 heterocycles. The predicted molar refractivity (Wildman–Crippen MR) is 72.0 cm³/mol. The third-order valence-corrected chi connectivity index (χ3v) is 3.17. The number of H-pyrrole nitrogens is 1. The Kier molecular flexibility index (Phi) is 3.18. The molecule has 3 rings (SSSR count). The van der Waals surface area contributed by atoms with E-state index in [0.717, 1.165) is 0 Å². The van der Waals surface area contributed by atoms with Gasteiger partial charge in [-0.15, -0.1) is 0 Å². The lowest BCUT2D eigenvalue weighted by Crippen LogP contribution is -2.04. The van der Waals surface area contributed by atoms with E-state index in [2.05, 4.69) is 25.1 Å². The van der Waals surface area contributed by atoms with E-state index in [1.165, 1.54) is 6.33 Å². The minimum atomic E-state index is 0.468. The van der Waals surface area contributed by atoms with Crippen LogP contribution in [0.4, 0.5) is 0 Å². The average molecular weight is 292 g/mol. The van der Waals surface area contributed by atoms with Gasteiger partial charge >= 0.3 is 0 Å². The van der Waals surface area contributed by atoms with Crippen molar-refractivity contribution in [2.45, 2.75) is 19.9 Å². The molecule has 0 aliphatic heterocycles. The van der Waals surface area contributed by atoms with Gasteiger partial charge in [0.1, 0.15) is 11.8 Å². The number of ether oxygens (including phenoxy) is 1. The Hall–Kier alpha value is -2.29. The molecule has 104 valence electrons. The van der Waals surface area contributed by atoms with Crippen molar-refractivity contribution in [2.75, 3.05) is 7.11 Å². The first-order valence-electron chi connectivity index (χ1n) is 5.95. The van der Waals surface area contributed by atoms with Crippen LogP contribution < -0.4 is 4.74 Å². The molecule has 0 spiro atoms.